The summed E-state index contributed by atoms with van der Waals surface area (Å²) in [6, 6.07) is 2.05. The molecule has 1 rings (SSSR count). The van der Waals surface area contributed by atoms with Crippen molar-refractivity contribution in [1.82, 2.24) is 15.1 Å². The molecule has 0 spiro atoms. The monoisotopic (exact) mass is 269 g/mol. The molecule has 114 valence electrons. The minimum Gasteiger partial charge on any atom is -0.312 e. The van der Waals surface area contributed by atoms with Crippen molar-refractivity contribution < 1.29 is 0 Å². The minimum absolute atomic E-state index is 0.643. The van der Waals surface area contributed by atoms with Gasteiger partial charge in [0.25, 0.3) is 0 Å². The van der Waals surface area contributed by atoms with Crippen LogP contribution in [-0.2, 0) is 0 Å². The number of nitrogens with one attached hydrogen (secondary N) is 1. The van der Waals surface area contributed by atoms with Crippen molar-refractivity contribution in [3.05, 3.63) is 0 Å². The Labute approximate surface area is 120 Å². The Kier molecular flexibility index (Phi) is 7.33. The van der Waals surface area contributed by atoms with Crippen molar-refractivity contribution in [2.24, 2.45) is 5.92 Å². The number of likely N-dealkylation sites (tertiary alicyclic amines) is 1. The molecule has 0 amide bonds. The summed E-state index contributed by atoms with van der Waals surface area (Å²) in [6.07, 6.45) is 3.97. The highest BCUT2D eigenvalue weighted by Crippen LogP contribution is 2.14. The largest absolute Gasteiger partial charge is 0.312 e. The van der Waals surface area contributed by atoms with Gasteiger partial charge in [0.2, 0.25) is 0 Å². The number of hydrogen-bond acceptors (Lipinski definition) is 3. The molecule has 0 saturated carbocycles. The first kappa shape index (κ1) is 16.9. The number of rotatable bonds is 6. The Hall–Kier alpha value is -0.120. The van der Waals surface area contributed by atoms with Crippen LogP contribution in [0.1, 0.15) is 47.0 Å². The zero-order chi connectivity index (χ0) is 14.4. The maximum atomic E-state index is 3.82. The van der Waals surface area contributed by atoms with Crippen LogP contribution in [-0.4, -0.2) is 61.7 Å². The van der Waals surface area contributed by atoms with E-state index in [1.54, 1.807) is 0 Å². The molecule has 0 aliphatic carbocycles. The predicted octanol–water partition coefficient (Wildman–Crippen LogP) is 2.43. The summed E-state index contributed by atoms with van der Waals surface area (Å²) in [4.78, 5) is 4.97. The number of hydrogen-bond donors (Lipinski definition) is 1. The van der Waals surface area contributed by atoms with Gasteiger partial charge in [-0.05, 0) is 66.2 Å². The number of nitrogens with zero attached hydrogens (tertiary/aromatic N) is 2. The summed E-state index contributed by atoms with van der Waals surface area (Å²) in [5, 5.41) is 3.82. The smallest absolute Gasteiger partial charge is 0.0237 e. The van der Waals surface area contributed by atoms with Gasteiger partial charge in [0.1, 0.15) is 0 Å². The molecular weight excluding hydrogens is 234 g/mol. The average molecular weight is 269 g/mol. The molecular formula is C16H35N3. The molecule has 0 radical (unpaired) electrons. The lowest BCUT2D eigenvalue weighted by molar-refractivity contribution is 0.212. The molecule has 1 aliphatic heterocycles. The molecule has 2 unspecified atom stereocenters. The fraction of sp³-hybridized carbons (Fsp3) is 1.00. The molecule has 1 fully saturated rings. The van der Waals surface area contributed by atoms with Crippen LogP contribution in [0.15, 0.2) is 0 Å². The predicted molar refractivity (Wildman–Crippen MR) is 84.7 cm³/mol. The quantitative estimate of drug-likeness (QED) is 0.799. The van der Waals surface area contributed by atoms with E-state index in [2.05, 4.69) is 56.9 Å². The van der Waals surface area contributed by atoms with Crippen molar-refractivity contribution in [1.29, 1.82) is 0 Å². The van der Waals surface area contributed by atoms with Crippen molar-refractivity contribution in [2.75, 3.05) is 33.7 Å². The molecule has 3 heteroatoms. The van der Waals surface area contributed by atoms with E-state index < -0.39 is 0 Å². The van der Waals surface area contributed by atoms with Gasteiger partial charge in [0, 0.05) is 24.7 Å². The van der Waals surface area contributed by atoms with Crippen LogP contribution in [0, 0.1) is 5.92 Å². The van der Waals surface area contributed by atoms with Crippen LogP contribution < -0.4 is 5.32 Å². The van der Waals surface area contributed by atoms with Gasteiger partial charge in [-0.2, -0.15) is 0 Å². The third kappa shape index (κ3) is 5.80. The summed E-state index contributed by atoms with van der Waals surface area (Å²) in [6.45, 7) is 12.9. The van der Waals surface area contributed by atoms with Gasteiger partial charge in [-0.3, -0.25) is 0 Å². The summed E-state index contributed by atoms with van der Waals surface area (Å²) < 4.78 is 0. The Morgan fingerprint density at radius 3 is 2.32 bits per heavy atom. The molecule has 0 aromatic carbocycles. The van der Waals surface area contributed by atoms with Crippen LogP contribution in [0.3, 0.4) is 0 Å². The fourth-order valence-electron chi connectivity index (χ4n) is 3.14. The van der Waals surface area contributed by atoms with E-state index in [1.165, 1.54) is 32.4 Å². The minimum atomic E-state index is 0.643. The van der Waals surface area contributed by atoms with E-state index in [4.69, 9.17) is 0 Å². The maximum Gasteiger partial charge on any atom is 0.0237 e. The van der Waals surface area contributed by atoms with E-state index in [-0.39, 0.29) is 0 Å². The van der Waals surface area contributed by atoms with E-state index in [9.17, 15) is 0 Å². The molecule has 1 heterocycles. The zero-order valence-corrected chi connectivity index (χ0v) is 13.9. The first-order chi connectivity index (χ1) is 8.91. The molecule has 0 bridgehead atoms. The Balaban J connectivity index is 2.37. The van der Waals surface area contributed by atoms with Gasteiger partial charge in [-0.1, -0.05) is 13.8 Å². The molecule has 1 saturated heterocycles. The van der Waals surface area contributed by atoms with Gasteiger partial charge >= 0.3 is 0 Å². The third-order valence-electron chi connectivity index (χ3n) is 4.54. The second-order valence-corrected chi connectivity index (χ2v) is 6.94. The van der Waals surface area contributed by atoms with E-state index >= 15 is 0 Å². The highest BCUT2D eigenvalue weighted by molar-refractivity contribution is 4.80. The molecule has 2 atom stereocenters. The van der Waals surface area contributed by atoms with Crippen molar-refractivity contribution in [2.45, 2.75) is 65.1 Å². The van der Waals surface area contributed by atoms with Crippen molar-refractivity contribution in [3.63, 3.8) is 0 Å². The lowest BCUT2D eigenvalue weighted by Gasteiger charge is -2.30. The Bertz CT molecular complexity index is 230. The van der Waals surface area contributed by atoms with Gasteiger partial charge in [0.15, 0.2) is 0 Å². The number of likely N-dealkylation sites (N-methyl/N-ethyl adjacent to an activating group) is 1. The molecule has 1 N–H and O–H groups in total. The standard InChI is InChI=1S/C16H35N3/c1-13(2)16(18(5)6)12-17-15-8-7-10-19(11-9-15)14(3)4/h13-17H,7-12H2,1-6H3. The van der Waals surface area contributed by atoms with Crippen molar-refractivity contribution >= 4 is 0 Å². The van der Waals surface area contributed by atoms with Gasteiger partial charge < -0.3 is 15.1 Å². The first-order valence-electron chi connectivity index (χ1n) is 8.05. The molecule has 0 aromatic heterocycles. The lowest BCUT2D eigenvalue weighted by Crippen LogP contribution is -2.45. The summed E-state index contributed by atoms with van der Waals surface area (Å²) in [5.74, 6) is 0.709. The van der Waals surface area contributed by atoms with E-state index in [0.29, 0.717) is 24.0 Å². The Morgan fingerprint density at radius 2 is 1.79 bits per heavy atom. The molecule has 3 nitrogen and oxygen atoms in total. The second kappa shape index (κ2) is 8.23. The van der Waals surface area contributed by atoms with Gasteiger partial charge in [-0.25, -0.2) is 0 Å². The lowest BCUT2D eigenvalue weighted by atomic mass is 10.0. The molecule has 19 heavy (non-hydrogen) atoms. The van der Waals surface area contributed by atoms with Crippen LogP contribution in [0.2, 0.25) is 0 Å². The van der Waals surface area contributed by atoms with Crippen LogP contribution in [0.5, 0.6) is 0 Å². The highest BCUT2D eigenvalue weighted by Gasteiger charge is 2.21. The van der Waals surface area contributed by atoms with Crippen LogP contribution in [0.25, 0.3) is 0 Å². The topological polar surface area (TPSA) is 18.5 Å². The summed E-state index contributed by atoms with van der Waals surface area (Å²) in [5.41, 5.74) is 0. The van der Waals surface area contributed by atoms with Crippen molar-refractivity contribution in [3.8, 4) is 0 Å². The summed E-state index contributed by atoms with van der Waals surface area (Å²) in [7, 11) is 4.39. The molecule has 0 aromatic rings. The normalized spacial score (nSPS) is 24.2. The maximum absolute atomic E-state index is 3.82. The van der Waals surface area contributed by atoms with Gasteiger partial charge in [-0.15, -0.1) is 0 Å². The first-order valence-corrected chi connectivity index (χ1v) is 8.05. The van der Waals surface area contributed by atoms with E-state index in [0.717, 1.165) is 6.54 Å². The average Bonchev–Trinajstić information content (AvgIpc) is 2.53. The SMILES string of the molecule is CC(C)C(CNC1CCCN(C(C)C)CC1)N(C)C. The Morgan fingerprint density at radius 1 is 1.11 bits per heavy atom. The third-order valence-corrected chi connectivity index (χ3v) is 4.54. The zero-order valence-electron chi connectivity index (χ0n) is 13.9. The molecule has 1 aliphatic rings. The van der Waals surface area contributed by atoms with Crippen LogP contribution >= 0.6 is 0 Å². The van der Waals surface area contributed by atoms with Crippen LogP contribution in [0.4, 0.5) is 0 Å². The highest BCUT2D eigenvalue weighted by atomic mass is 15.2. The fourth-order valence-corrected chi connectivity index (χ4v) is 3.14. The van der Waals surface area contributed by atoms with Gasteiger partial charge in [0.05, 0.1) is 0 Å². The van der Waals surface area contributed by atoms with E-state index in [1.807, 2.05) is 0 Å². The summed E-state index contributed by atoms with van der Waals surface area (Å²) >= 11 is 0. The second-order valence-electron chi connectivity index (χ2n) is 6.94.